The van der Waals surface area contributed by atoms with Crippen LogP contribution in [0.2, 0.25) is 19.6 Å². The molecule has 3 heteroatoms. The lowest BCUT2D eigenvalue weighted by atomic mass is 9.81. The summed E-state index contributed by atoms with van der Waals surface area (Å²) in [5.74, 6) is 0. The molecule has 0 bridgehead atoms. The molecule has 11 aromatic rings. The molecular weight excluding hydrogens is 801 g/mol. The van der Waals surface area contributed by atoms with E-state index in [0.29, 0.717) is 0 Å². The van der Waals surface area contributed by atoms with Gasteiger partial charge in [-0.2, -0.15) is 0 Å². The maximum absolute atomic E-state index is 2.52. The molecule has 0 fully saturated rings. The molecule has 0 saturated heterocycles. The monoisotopic (exact) mass is 850 g/mol. The van der Waals surface area contributed by atoms with Crippen molar-refractivity contribution in [3.05, 3.63) is 223 Å². The highest BCUT2D eigenvalue weighted by molar-refractivity contribution is 6.88. The minimum absolute atomic E-state index is 0.286. The molecule has 0 saturated carbocycles. The molecule has 0 atom stereocenters. The summed E-state index contributed by atoms with van der Waals surface area (Å²) in [7, 11) is -1.52. The van der Waals surface area contributed by atoms with Gasteiger partial charge in [-0.05, 0) is 116 Å². The van der Waals surface area contributed by atoms with Gasteiger partial charge < -0.3 is 9.47 Å². The van der Waals surface area contributed by atoms with Crippen molar-refractivity contribution in [3.63, 3.8) is 0 Å². The third kappa shape index (κ3) is 6.29. The lowest BCUT2D eigenvalue weighted by Gasteiger charge is -2.31. The molecular formula is C62H50N2Si. The zero-order valence-electron chi connectivity index (χ0n) is 37.6. The zero-order valence-corrected chi connectivity index (χ0v) is 38.6. The van der Waals surface area contributed by atoms with Gasteiger partial charge in [-0.25, -0.2) is 0 Å². The predicted molar refractivity (Wildman–Crippen MR) is 282 cm³/mol. The molecule has 12 rings (SSSR count). The Morgan fingerprint density at radius 1 is 0.415 bits per heavy atom. The van der Waals surface area contributed by atoms with Crippen LogP contribution in [0.25, 0.3) is 82.4 Å². The van der Waals surface area contributed by atoms with Crippen molar-refractivity contribution in [2.45, 2.75) is 38.9 Å². The van der Waals surface area contributed by atoms with Crippen LogP contribution in [-0.2, 0) is 5.41 Å². The SMILES string of the molecule is CC1(C)c2cc(-n3c4ccc(-c5ccccc5)cc4c4cc(-c5ccccc5)ccc43)ccc2-c2c1cc(N(c1ccc([Si](C)(C)C)cc1)c1cccc3ccccc13)c1ccccc21. The van der Waals surface area contributed by atoms with Gasteiger partial charge in [-0.3, -0.25) is 0 Å². The van der Waals surface area contributed by atoms with Crippen molar-refractivity contribution in [2.75, 3.05) is 4.90 Å². The minimum atomic E-state index is -1.52. The van der Waals surface area contributed by atoms with Crippen molar-refractivity contribution in [3.8, 4) is 39.1 Å². The Balaban J connectivity index is 1.06. The molecule has 0 aliphatic heterocycles. The van der Waals surface area contributed by atoms with Crippen molar-refractivity contribution < 1.29 is 0 Å². The summed E-state index contributed by atoms with van der Waals surface area (Å²) in [6.45, 7) is 12.1. The maximum atomic E-state index is 2.52. The van der Waals surface area contributed by atoms with E-state index in [1.165, 1.54) is 116 Å². The first-order valence-electron chi connectivity index (χ1n) is 22.9. The van der Waals surface area contributed by atoms with Crippen molar-refractivity contribution in [1.82, 2.24) is 4.57 Å². The van der Waals surface area contributed by atoms with E-state index in [2.05, 4.69) is 255 Å². The summed E-state index contributed by atoms with van der Waals surface area (Å²) in [6, 6.07) is 79.3. The molecule has 65 heavy (non-hydrogen) atoms. The van der Waals surface area contributed by atoms with E-state index in [0.717, 1.165) is 0 Å². The van der Waals surface area contributed by atoms with Gasteiger partial charge >= 0.3 is 0 Å². The van der Waals surface area contributed by atoms with E-state index < -0.39 is 8.07 Å². The lowest BCUT2D eigenvalue weighted by molar-refractivity contribution is 0.660. The smallest absolute Gasteiger partial charge is 0.0775 e. The Morgan fingerprint density at radius 3 is 1.62 bits per heavy atom. The molecule has 1 aliphatic rings. The third-order valence-corrected chi connectivity index (χ3v) is 16.2. The van der Waals surface area contributed by atoms with E-state index in [-0.39, 0.29) is 5.41 Å². The van der Waals surface area contributed by atoms with E-state index in [1.54, 1.807) is 0 Å². The Kier molecular flexibility index (Phi) is 8.92. The minimum Gasteiger partial charge on any atom is -0.309 e. The summed E-state index contributed by atoms with van der Waals surface area (Å²) in [5.41, 5.74) is 17.1. The topological polar surface area (TPSA) is 8.17 Å². The summed E-state index contributed by atoms with van der Waals surface area (Å²) in [6.07, 6.45) is 0. The Bertz CT molecular complexity index is 3550. The van der Waals surface area contributed by atoms with Gasteiger partial charge in [0.1, 0.15) is 0 Å². The highest BCUT2D eigenvalue weighted by Gasteiger charge is 2.38. The standard InChI is InChI=1S/C62H50N2Si/c1-62(2)55-39-47(64-58-35-27-44(41-17-8-6-9-18-41)37-53(58)54-38-45(28-36-59(54)64)42-19-10-7-11-20-42)31-34-52(55)61-51-25-15-14-24-50(51)60(40-56(61)62)63(46-29-32-48(33-30-46)65(3,4)5)57-26-16-22-43-21-12-13-23-49(43)57/h6-40H,1-5H3. The maximum Gasteiger partial charge on any atom is 0.0775 e. The Morgan fingerprint density at radius 2 is 0.985 bits per heavy atom. The summed E-state index contributed by atoms with van der Waals surface area (Å²) in [4.78, 5) is 2.52. The van der Waals surface area contributed by atoms with Crippen molar-refractivity contribution in [1.29, 1.82) is 0 Å². The van der Waals surface area contributed by atoms with E-state index >= 15 is 0 Å². The number of nitrogens with zero attached hydrogens (tertiary/aromatic N) is 2. The zero-order chi connectivity index (χ0) is 44.0. The van der Waals surface area contributed by atoms with E-state index in [1.807, 2.05) is 0 Å². The van der Waals surface area contributed by atoms with Gasteiger partial charge in [0.25, 0.3) is 0 Å². The summed E-state index contributed by atoms with van der Waals surface area (Å²) >= 11 is 0. The molecule has 0 spiro atoms. The van der Waals surface area contributed by atoms with Crippen LogP contribution in [0.1, 0.15) is 25.0 Å². The van der Waals surface area contributed by atoms with Gasteiger partial charge in [0.05, 0.1) is 30.5 Å². The van der Waals surface area contributed by atoms with Gasteiger partial charge in [0.2, 0.25) is 0 Å². The van der Waals surface area contributed by atoms with Crippen molar-refractivity contribution in [2.24, 2.45) is 0 Å². The van der Waals surface area contributed by atoms with Crippen LogP contribution >= 0.6 is 0 Å². The number of benzene rings is 10. The average molecular weight is 851 g/mol. The molecule has 0 radical (unpaired) electrons. The fourth-order valence-electron chi connectivity index (χ4n) is 10.7. The fourth-order valence-corrected chi connectivity index (χ4v) is 11.9. The van der Waals surface area contributed by atoms with E-state index in [9.17, 15) is 0 Å². The first-order chi connectivity index (χ1) is 31.6. The van der Waals surface area contributed by atoms with Gasteiger partial charge in [-0.1, -0.05) is 190 Å². The number of hydrogen-bond acceptors (Lipinski definition) is 1. The quantitative estimate of drug-likeness (QED) is 0.145. The number of fused-ring (bicyclic) bond motifs is 9. The van der Waals surface area contributed by atoms with Crippen LogP contribution in [0.4, 0.5) is 17.1 Å². The van der Waals surface area contributed by atoms with Crippen molar-refractivity contribution >= 4 is 73.7 Å². The fraction of sp³-hybridized carbons (Fsp3) is 0.0968. The summed E-state index contributed by atoms with van der Waals surface area (Å²) in [5, 5.41) is 8.96. The molecule has 1 aliphatic carbocycles. The largest absolute Gasteiger partial charge is 0.309 e. The number of hydrogen-bond donors (Lipinski definition) is 0. The molecule has 0 unspecified atom stereocenters. The highest BCUT2D eigenvalue weighted by Crippen LogP contribution is 2.55. The van der Waals surface area contributed by atoms with Gasteiger partial charge in [0.15, 0.2) is 0 Å². The number of aromatic nitrogens is 1. The third-order valence-electron chi connectivity index (χ3n) is 14.1. The van der Waals surface area contributed by atoms with E-state index in [4.69, 9.17) is 0 Å². The van der Waals surface area contributed by atoms with Crippen LogP contribution < -0.4 is 10.1 Å². The molecule has 312 valence electrons. The number of anilines is 3. The lowest BCUT2D eigenvalue weighted by Crippen LogP contribution is -2.37. The Hall–Kier alpha value is -7.46. The molecule has 1 heterocycles. The molecule has 0 amide bonds. The second-order valence-electron chi connectivity index (χ2n) is 19.4. The highest BCUT2D eigenvalue weighted by atomic mass is 28.3. The van der Waals surface area contributed by atoms with Crippen LogP contribution in [0.15, 0.2) is 212 Å². The van der Waals surface area contributed by atoms with Gasteiger partial charge in [-0.15, -0.1) is 0 Å². The van der Waals surface area contributed by atoms with Crippen LogP contribution in [0.3, 0.4) is 0 Å². The molecule has 10 aromatic carbocycles. The second kappa shape index (κ2) is 14.8. The predicted octanol–water partition coefficient (Wildman–Crippen LogP) is 16.7. The van der Waals surface area contributed by atoms with Gasteiger partial charge in [0, 0.05) is 38.3 Å². The van der Waals surface area contributed by atoms with Crippen LogP contribution in [0, 0.1) is 0 Å². The first kappa shape index (κ1) is 39.2. The summed E-state index contributed by atoms with van der Waals surface area (Å²) < 4.78 is 2.49. The number of rotatable bonds is 7. The molecule has 1 aromatic heterocycles. The molecule has 2 nitrogen and oxygen atoms in total. The Labute approximate surface area is 382 Å². The average Bonchev–Trinajstić information content (AvgIpc) is 3.78. The first-order valence-corrected chi connectivity index (χ1v) is 26.4. The normalized spacial score (nSPS) is 13.1. The molecule has 0 N–H and O–H groups in total. The van der Waals surface area contributed by atoms with Crippen LogP contribution in [-0.4, -0.2) is 12.6 Å². The van der Waals surface area contributed by atoms with Crippen LogP contribution in [0.5, 0.6) is 0 Å². The second-order valence-corrected chi connectivity index (χ2v) is 24.5.